The van der Waals surface area contributed by atoms with Gasteiger partial charge in [0.1, 0.15) is 17.1 Å². The van der Waals surface area contributed by atoms with Crippen molar-refractivity contribution in [1.82, 2.24) is 0 Å². The summed E-state index contributed by atoms with van der Waals surface area (Å²) in [7, 11) is 1.37. The zero-order valence-electron chi connectivity index (χ0n) is 11.6. The molecule has 0 saturated heterocycles. The lowest BCUT2D eigenvalue weighted by atomic mass is 10.1. The van der Waals surface area contributed by atoms with Crippen molar-refractivity contribution < 1.29 is 13.9 Å². The van der Waals surface area contributed by atoms with E-state index in [1.165, 1.54) is 7.11 Å². The van der Waals surface area contributed by atoms with Gasteiger partial charge in [-0.15, -0.1) is 0 Å². The Labute approximate surface area is 122 Å². The second-order valence-electron chi connectivity index (χ2n) is 4.58. The van der Waals surface area contributed by atoms with Crippen LogP contribution in [0.2, 0.25) is 0 Å². The number of carbonyl (C=O) groups excluding carboxylic acids is 1. The van der Waals surface area contributed by atoms with Gasteiger partial charge in [0.05, 0.1) is 7.11 Å². The van der Waals surface area contributed by atoms with Crippen molar-refractivity contribution >= 4 is 5.97 Å². The van der Waals surface area contributed by atoms with E-state index < -0.39 is 5.97 Å². The third kappa shape index (κ3) is 2.58. The molecule has 3 heteroatoms. The molecule has 1 aromatic heterocycles. The van der Waals surface area contributed by atoms with E-state index in [9.17, 15) is 4.79 Å². The lowest BCUT2D eigenvalue weighted by Gasteiger charge is -2.00. The van der Waals surface area contributed by atoms with Gasteiger partial charge in [-0.3, -0.25) is 0 Å². The molecule has 0 aliphatic rings. The molecule has 1 heterocycles. The molecular weight excluding hydrogens is 264 g/mol. The molecule has 3 nitrogen and oxygen atoms in total. The summed E-state index contributed by atoms with van der Waals surface area (Å²) in [4.78, 5) is 12.0. The lowest BCUT2D eigenvalue weighted by Crippen LogP contribution is -2.00. The summed E-state index contributed by atoms with van der Waals surface area (Å²) in [5, 5.41) is 0. The van der Waals surface area contributed by atoms with E-state index in [1.807, 2.05) is 60.7 Å². The molecule has 0 aliphatic carbocycles. The van der Waals surface area contributed by atoms with Crippen LogP contribution in [-0.4, -0.2) is 13.1 Å². The second kappa shape index (κ2) is 5.67. The summed E-state index contributed by atoms with van der Waals surface area (Å²) >= 11 is 0. The van der Waals surface area contributed by atoms with E-state index in [1.54, 1.807) is 6.07 Å². The summed E-state index contributed by atoms with van der Waals surface area (Å²) in [6.45, 7) is 0. The van der Waals surface area contributed by atoms with Gasteiger partial charge in [0.15, 0.2) is 0 Å². The third-order valence-corrected chi connectivity index (χ3v) is 3.23. The Morgan fingerprint density at radius 1 is 0.905 bits per heavy atom. The van der Waals surface area contributed by atoms with Gasteiger partial charge in [-0.2, -0.15) is 0 Å². The average molecular weight is 278 g/mol. The van der Waals surface area contributed by atoms with Crippen LogP contribution >= 0.6 is 0 Å². The van der Waals surface area contributed by atoms with Crippen LogP contribution < -0.4 is 0 Å². The molecule has 0 fully saturated rings. The molecule has 0 bridgehead atoms. The van der Waals surface area contributed by atoms with E-state index in [0.29, 0.717) is 17.1 Å². The molecule has 0 amide bonds. The van der Waals surface area contributed by atoms with Crippen molar-refractivity contribution in [3.8, 4) is 22.6 Å². The van der Waals surface area contributed by atoms with Crippen molar-refractivity contribution in [2.75, 3.05) is 7.11 Å². The van der Waals surface area contributed by atoms with Gasteiger partial charge < -0.3 is 9.15 Å². The predicted octanol–water partition coefficient (Wildman–Crippen LogP) is 4.40. The van der Waals surface area contributed by atoms with Crippen LogP contribution in [0.5, 0.6) is 0 Å². The first-order valence-corrected chi connectivity index (χ1v) is 6.62. The zero-order chi connectivity index (χ0) is 14.7. The molecule has 0 aliphatic heterocycles. The van der Waals surface area contributed by atoms with E-state index in [4.69, 9.17) is 9.15 Å². The van der Waals surface area contributed by atoms with Crippen LogP contribution in [0, 0.1) is 0 Å². The second-order valence-corrected chi connectivity index (χ2v) is 4.58. The van der Waals surface area contributed by atoms with Crippen LogP contribution in [0.25, 0.3) is 22.6 Å². The van der Waals surface area contributed by atoms with Crippen molar-refractivity contribution in [3.63, 3.8) is 0 Å². The maximum Gasteiger partial charge on any atom is 0.341 e. The summed E-state index contributed by atoms with van der Waals surface area (Å²) in [6.07, 6.45) is 0. The molecule has 3 rings (SSSR count). The summed E-state index contributed by atoms with van der Waals surface area (Å²) in [6, 6.07) is 20.9. The molecular formula is C18H14O3. The summed E-state index contributed by atoms with van der Waals surface area (Å²) in [5.74, 6) is 0.774. The number of methoxy groups -OCH3 is 1. The van der Waals surface area contributed by atoms with Crippen LogP contribution in [-0.2, 0) is 4.74 Å². The third-order valence-electron chi connectivity index (χ3n) is 3.23. The molecule has 2 aromatic carbocycles. The Morgan fingerprint density at radius 3 is 2.05 bits per heavy atom. The van der Waals surface area contributed by atoms with Crippen LogP contribution in [0.3, 0.4) is 0 Å². The molecule has 0 radical (unpaired) electrons. The Kier molecular flexibility index (Phi) is 3.56. The minimum Gasteiger partial charge on any atom is -0.465 e. The monoisotopic (exact) mass is 278 g/mol. The standard InChI is InChI=1S/C18H14O3/c1-20-18(19)15-12-16(13-8-4-2-5-9-13)21-17(15)14-10-6-3-7-11-14/h2-12H,1H3. The normalized spacial score (nSPS) is 10.3. The molecule has 0 spiro atoms. The van der Waals surface area contributed by atoms with Crippen LogP contribution in [0.15, 0.2) is 71.1 Å². The summed E-state index contributed by atoms with van der Waals surface area (Å²) in [5.41, 5.74) is 2.20. The molecule has 0 saturated carbocycles. The number of ether oxygens (including phenoxy) is 1. The first-order valence-electron chi connectivity index (χ1n) is 6.62. The van der Waals surface area contributed by atoms with E-state index >= 15 is 0 Å². The van der Waals surface area contributed by atoms with Crippen LogP contribution in [0.4, 0.5) is 0 Å². The number of rotatable bonds is 3. The highest BCUT2D eigenvalue weighted by atomic mass is 16.5. The minimum atomic E-state index is -0.403. The first-order chi connectivity index (χ1) is 10.3. The average Bonchev–Trinajstić information content (AvgIpc) is 3.01. The SMILES string of the molecule is COC(=O)c1cc(-c2ccccc2)oc1-c1ccccc1. The Bertz CT molecular complexity index is 743. The molecule has 104 valence electrons. The summed E-state index contributed by atoms with van der Waals surface area (Å²) < 4.78 is 10.8. The largest absolute Gasteiger partial charge is 0.465 e. The van der Waals surface area contributed by atoms with Gasteiger partial charge >= 0.3 is 5.97 Å². The van der Waals surface area contributed by atoms with Gasteiger partial charge in [0.2, 0.25) is 0 Å². The Balaban J connectivity index is 2.14. The molecule has 0 atom stereocenters. The van der Waals surface area contributed by atoms with Gasteiger partial charge in [-0.05, 0) is 6.07 Å². The molecule has 0 unspecified atom stereocenters. The fourth-order valence-electron chi connectivity index (χ4n) is 2.20. The Morgan fingerprint density at radius 2 is 1.48 bits per heavy atom. The molecule has 21 heavy (non-hydrogen) atoms. The maximum atomic E-state index is 12.0. The zero-order valence-corrected chi connectivity index (χ0v) is 11.6. The van der Waals surface area contributed by atoms with Gasteiger partial charge in [0.25, 0.3) is 0 Å². The van der Waals surface area contributed by atoms with Crippen molar-refractivity contribution in [2.24, 2.45) is 0 Å². The van der Waals surface area contributed by atoms with E-state index in [0.717, 1.165) is 11.1 Å². The number of furan rings is 1. The number of esters is 1. The fourth-order valence-corrected chi connectivity index (χ4v) is 2.20. The van der Waals surface area contributed by atoms with Crippen LogP contribution in [0.1, 0.15) is 10.4 Å². The topological polar surface area (TPSA) is 39.4 Å². The number of hydrogen-bond acceptors (Lipinski definition) is 3. The molecule has 3 aromatic rings. The number of carbonyl (C=O) groups is 1. The van der Waals surface area contributed by atoms with E-state index in [-0.39, 0.29) is 0 Å². The van der Waals surface area contributed by atoms with Gasteiger partial charge in [-0.1, -0.05) is 60.7 Å². The van der Waals surface area contributed by atoms with Crippen molar-refractivity contribution in [2.45, 2.75) is 0 Å². The quantitative estimate of drug-likeness (QED) is 0.666. The van der Waals surface area contributed by atoms with E-state index in [2.05, 4.69) is 0 Å². The first kappa shape index (κ1) is 13.2. The highest BCUT2D eigenvalue weighted by Gasteiger charge is 2.20. The minimum absolute atomic E-state index is 0.403. The predicted molar refractivity (Wildman–Crippen MR) is 80.9 cm³/mol. The van der Waals surface area contributed by atoms with Crippen molar-refractivity contribution in [1.29, 1.82) is 0 Å². The van der Waals surface area contributed by atoms with Crippen molar-refractivity contribution in [3.05, 3.63) is 72.3 Å². The molecule has 0 N–H and O–H groups in total. The highest BCUT2D eigenvalue weighted by molar-refractivity contribution is 5.97. The van der Waals surface area contributed by atoms with Gasteiger partial charge in [-0.25, -0.2) is 4.79 Å². The smallest absolute Gasteiger partial charge is 0.341 e. The fraction of sp³-hybridized carbons (Fsp3) is 0.0556. The Hall–Kier alpha value is -2.81. The number of benzene rings is 2. The number of hydrogen-bond donors (Lipinski definition) is 0. The maximum absolute atomic E-state index is 12.0. The highest BCUT2D eigenvalue weighted by Crippen LogP contribution is 2.32. The van der Waals surface area contributed by atoms with Gasteiger partial charge in [0, 0.05) is 11.1 Å². The lowest BCUT2D eigenvalue weighted by molar-refractivity contribution is 0.0601.